The summed E-state index contributed by atoms with van der Waals surface area (Å²) in [7, 11) is 0. The maximum atomic E-state index is 10.7. The van der Waals surface area contributed by atoms with Gasteiger partial charge in [0.1, 0.15) is 18.5 Å². The number of ether oxygens (including phenoxy) is 1. The Hall–Kier alpha value is -3.61. The first-order valence-corrected chi connectivity index (χ1v) is 15.0. The average molecular weight is 599 g/mol. The third-order valence-corrected chi connectivity index (χ3v) is 8.56. The van der Waals surface area contributed by atoms with Crippen LogP contribution in [0.2, 0.25) is 10.0 Å². The Morgan fingerprint density at radius 2 is 1.60 bits per heavy atom. The largest absolute Gasteiger partial charge is 0.491 e. The van der Waals surface area contributed by atoms with Gasteiger partial charge in [0.05, 0.1) is 26.9 Å². The van der Waals surface area contributed by atoms with Crippen LogP contribution in [0.5, 0.6) is 5.75 Å². The van der Waals surface area contributed by atoms with Crippen molar-refractivity contribution in [3.8, 4) is 28.1 Å². The predicted molar refractivity (Wildman–Crippen MR) is 174 cm³/mol. The molecule has 0 radical (unpaired) electrons. The van der Waals surface area contributed by atoms with Crippen molar-refractivity contribution in [1.29, 1.82) is 0 Å². The summed E-state index contributed by atoms with van der Waals surface area (Å²) in [6.07, 6.45) is -0.593. The van der Waals surface area contributed by atoms with E-state index >= 15 is 0 Å². The molecule has 42 heavy (non-hydrogen) atoms. The van der Waals surface area contributed by atoms with Crippen molar-refractivity contribution in [2.45, 2.75) is 13.0 Å². The highest BCUT2D eigenvalue weighted by Gasteiger charge is 2.22. The van der Waals surface area contributed by atoms with Crippen molar-refractivity contribution in [2.24, 2.45) is 0 Å². The molecule has 1 fully saturated rings. The van der Waals surface area contributed by atoms with E-state index in [9.17, 15) is 5.11 Å². The molecule has 5 nitrogen and oxygen atoms in total. The lowest BCUT2D eigenvalue weighted by Crippen LogP contribution is -2.49. The summed E-state index contributed by atoms with van der Waals surface area (Å²) in [5, 5.41) is 13.0. The summed E-state index contributed by atoms with van der Waals surface area (Å²) in [5.74, 6) is 0.720. The van der Waals surface area contributed by atoms with Crippen LogP contribution in [0.1, 0.15) is 5.56 Å². The fraction of sp³-hybridized carbons (Fsp3) is 0.229. The first-order chi connectivity index (χ1) is 20.4. The zero-order chi connectivity index (χ0) is 29.1. The van der Waals surface area contributed by atoms with E-state index in [2.05, 4.69) is 65.3 Å². The van der Waals surface area contributed by atoms with E-state index in [1.807, 2.05) is 42.5 Å². The number of pyridine rings is 1. The minimum Gasteiger partial charge on any atom is -0.491 e. The smallest absolute Gasteiger partial charge is 0.119 e. The van der Waals surface area contributed by atoms with Crippen LogP contribution in [0.25, 0.3) is 33.3 Å². The van der Waals surface area contributed by atoms with Gasteiger partial charge in [-0.15, -0.1) is 0 Å². The normalized spacial score (nSPS) is 14.7. The van der Waals surface area contributed by atoms with Crippen molar-refractivity contribution in [3.05, 3.63) is 113 Å². The molecule has 1 atom stereocenters. The molecule has 7 heteroatoms. The molecule has 214 valence electrons. The number of β-amino-alcohol motifs (C(OH)–C–C–N with tert-alkyl or cyclic N) is 1. The molecule has 1 N–H and O–H groups in total. The van der Waals surface area contributed by atoms with Crippen molar-refractivity contribution in [2.75, 3.05) is 44.2 Å². The molecule has 1 aliphatic heterocycles. The Morgan fingerprint density at radius 3 is 2.36 bits per heavy atom. The lowest BCUT2D eigenvalue weighted by atomic mass is 9.97. The minimum atomic E-state index is -0.593. The minimum absolute atomic E-state index is 0.228. The van der Waals surface area contributed by atoms with Crippen LogP contribution in [0.4, 0.5) is 5.69 Å². The number of anilines is 1. The van der Waals surface area contributed by atoms with Gasteiger partial charge in [-0.25, -0.2) is 4.98 Å². The second kappa shape index (κ2) is 12.7. The van der Waals surface area contributed by atoms with Gasteiger partial charge in [-0.1, -0.05) is 71.7 Å². The lowest BCUT2D eigenvalue weighted by molar-refractivity contribution is 0.0663. The molecule has 5 aromatic rings. The van der Waals surface area contributed by atoms with Crippen LogP contribution in [0.3, 0.4) is 0 Å². The second-order valence-corrected chi connectivity index (χ2v) is 11.6. The number of hydrogen-bond acceptors (Lipinski definition) is 5. The number of rotatable bonds is 8. The molecule has 0 spiro atoms. The molecule has 0 saturated carbocycles. The van der Waals surface area contributed by atoms with Crippen LogP contribution in [0.15, 0.2) is 97.1 Å². The third kappa shape index (κ3) is 6.40. The van der Waals surface area contributed by atoms with Gasteiger partial charge in [-0.2, -0.15) is 0 Å². The van der Waals surface area contributed by atoms with Crippen LogP contribution in [-0.2, 0) is 0 Å². The molecule has 1 unspecified atom stereocenters. The van der Waals surface area contributed by atoms with E-state index in [-0.39, 0.29) is 6.61 Å². The number of benzene rings is 4. The molecule has 1 aromatic heterocycles. The van der Waals surface area contributed by atoms with E-state index < -0.39 is 6.10 Å². The van der Waals surface area contributed by atoms with Gasteiger partial charge in [0.25, 0.3) is 0 Å². The Kier molecular flexibility index (Phi) is 8.63. The molecule has 6 rings (SSSR count). The van der Waals surface area contributed by atoms with Gasteiger partial charge < -0.3 is 14.7 Å². The van der Waals surface area contributed by atoms with Crippen LogP contribution < -0.4 is 9.64 Å². The number of nitrogens with zero attached hydrogens (tertiary/aromatic N) is 3. The third-order valence-electron chi connectivity index (χ3n) is 7.76. The number of aromatic nitrogens is 1. The summed E-state index contributed by atoms with van der Waals surface area (Å²) >= 11 is 12.6. The Labute approximate surface area is 256 Å². The van der Waals surface area contributed by atoms with E-state index in [1.54, 1.807) is 6.07 Å². The number of halogens is 2. The number of aryl methyl sites for hydroxylation is 1. The van der Waals surface area contributed by atoms with Gasteiger partial charge in [0.15, 0.2) is 0 Å². The first kappa shape index (κ1) is 28.5. The Morgan fingerprint density at radius 1 is 0.833 bits per heavy atom. The number of aliphatic hydroxyl groups excluding tert-OH is 1. The fourth-order valence-electron chi connectivity index (χ4n) is 5.52. The predicted octanol–water partition coefficient (Wildman–Crippen LogP) is 7.75. The van der Waals surface area contributed by atoms with Gasteiger partial charge in [0.2, 0.25) is 0 Å². The Bertz CT molecular complexity index is 1670. The summed E-state index contributed by atoms with van der Waals surface area (Å²) in [6, 6.07) is 32.7. The molecular weight excluding hydrogens is 565 g/mol. The molecule has 0 bridgehead atoms. The van der Waals surface area contributed by atoms with Crippen molar-refractivity contribution < 1.29 is 9.84 Å². The van der Waals surface area contributed by atoms with E-state index in [4.69, 9.17) is 32.9 Å². The molecule has 1 aliphatic rings. The van der Waals surface area contributed by atoms with Gasteiger partial charge in [0, 0.05) is 43.7 Å². The van der Waals surface area contributed by atoms with E-state index in [0.717, 1.165) is 65.3 Å². The number of fused-ring (bicyclic) bond motifs is 1. The molecule has 0 aliphatic carbocycles. The highest BCUT2D eigenvalue weighted by atomic mass is 35.5. The SMILES string of the molecule is Cc1ccc2c(-c3ccccc3)cc(-c3ccc(OCC(O)CN4CCN(c5cccc(Cl)c5Cl)CC4)cc3)nc2c1. The maximum Gasteiger partial charge on any atom is 0.119 e. The Balaban J connectivity index is 1.07. The summed E-state index contributed by atoms with van der Waals surface area (Å²) in [5.41, 5.74) is 7.38. The zero-order valence-electron chi connectivity index (χ0n) is 23.5. The maximum absolute atomic E-state index is 10.7. The summed E-state index contributed by atoms with van der Waals surface area (Å²) < 4.78 is 5.96. The molecule has 0 amide bonds. The topological polar surface area (TPSA) is 48.8 Å². The number of hydrogen-bond donors (Lipinski definition) is 1. The second-order valence-electron chi connectivity index (χ2n) is 10.8. The highest BCUT2D eigenvalue weighted by Crippen LogP contribution is 2.34. The number of piperazine rings is 1. The van der Waals surface area contributed by atoms with Crippen molar-refractivity contribution >= 4 is 39.8 Å². The van der Waals surface area contributed by atoms with E-state index in [1.165, 1.54) is 11.1 Å². The summed E-state index contributed by atoms with van der Waals surface area (Å²) in [6.45, 7) is 6.18. The monoisotopic (exact) mass is 597 g/mol. The molecule has 2 heterocycles. The highest BCUT2D eigenvalue weighted by molar-refractivity contribution is 6.43. The van der Waals surface area contributed by atoms with Crippen molar-refractivity contribution in [3.63, 3.8) is 0 Å². The molecule has 1 saturated heterocycles. The fourth-order valence-corrected chi connectivity index (χ4v) is 5.93. The summed E-state index contributed by atoms with van der Waals surface area (Å²) in [4.78, 5) is 9.48. The van der Waals surface area contributed by atoms with Gasteiger partial charge >= 0.3 is 0 Å². The van der Waals surface area contributed by atoms with Crippen molar-refractivity contribution in [1.82, 2.24) is 9.88 Å². The first-order valence-electron chi connectivity index (χ1n) is 14.2. The quantitative estimate of drug-likeness (QED) is 0.198. The van der Waals surface area contributed by atoms with Crippen LogP contribution in [0, 0.1) is 6.92 Å². The van der Waals surface area contributed by atoms with Gasteiger partial charge in [-0.05, 0) is 72.1 Å². The molecule has 4 aromatic carbocycles. The van der Waals surface area contributed by atoms with Crippen LogP contribution >= 0.6 is 23.2 Å². The lowest BCUT2D eigenvalue weighted by Gasteiger charge is -2.37. The zero-order valence-corrected chi connectivity index (χ0v) is 25.0. The average Bonchev–Trinajstić information content (AvgIpc) is 3.02. The standard InChI is InChI=1S/C35H33Cl2N3O2/c1-24-10-15-29-30(25-6-3-2-4-7-25)21-32(38-33(29)20-24)26-11-13-28(14-12-26)42-23-27(41)22-39-16-18-40(19-17-39)34-9-5-8-31(36)35(34)37/h2-15,20-21,27,41H,16-19,22-23H2,1H3. The van der Waals surface area contributed by atoms with E-state index in [0.29, 0.717) is 16.6 Å². The number of aliphatic hydroxyl groups is 1. The van der Waals surface area contributed by atoms with Gasteiger partial charge in [-0.3, -0.25) is 4.90 Å². The molecular formula is C35H33Cl2N3O2. The van der Waals surface area contributed by atoms with Crippen LogP contribution in [-0.4, -0.2) is 60.4 Å².